The van der Waals surface area contributed by atoms with Crippen LogP contribution >= 0.6 is 0 Å². The highest BCUT2D eigenvalue weighted by atomic mass is 32.2. The minimum absolute atomic E-state index is 0.184. The van der Waals surface area contributed by atoms with Crippen molar-refractivity contribution in [2.45, 2.75) is 25.3 Å². The van der Waals surface area contributed by atoms with Gasteiger partial charge >= 0.3 is 0 Å². The lowest BCUT2D eigenvalue weighted by Gasteiger charge is -2.12. The molecule has 0 unspecified atom stereocenters. The van der Waals surface area contributed by atoms with E-state index >= 15 is 0 Å². The first-order valence-corrected chi connectivity index (χ1v) is 7.80. The Morgan fingerprint density at radius 3 is 2.25 bits per heavy atom. The SMILES string of the molecule is Cc1cc(C)cc(NS(=O)(=O)c2ccccc2CN)c1. The van der Waals surface area contributed by atoms with Gasteiger partial charge in [0, 0.05) is 12.2 Å². The average Bonchev–Trinajstić information content (AvgIpc) is 2.36. The lowest BCUT2D eigenvalue weighted by atomic mass is 10.1. The highest BCUT2D eigenvalue weighted by Crippen LogP contribution is 2.21. The lowest BCUT2D eigenvalue weighted by molar-refractivity contribution is 0.600. The lowest BCUT2D eigenvalue weighted by Crippen LogP contribution is -2.16. The van der Waals surface area contributed by atoms with Gasteiger partial charge in [-0.05, 0) is 48.7 Å². The molecule has 4 nitrogen and oxygen atoms in total. The molecule has 0 radical (unpaired) electrons. The molecular formula is C15H18N2O2S. The number of aryl methyl sites for hydroxylation is 2. The van der Waals surface area contributed by atoms with Crippen molar-refractivity contribution in [2.75, 3.05) is 4.72 Å². The fourth-order valence-corrected chi connectivity index (χ4v) is 3.47. The standard InChI is InChI=1S/C15H18N2O2S/c1-11-7-12(2)9-14(8-11)17-20(18,19)15-6-4-3-5-13(15)10-16/h3-9,17H,10,16H2,1-2H3. The Kier molecular flexibility index (Phi) is 4.11. The summed E-state index contributed by atoms with van der Waals surface area (Å²) in [7, 11) is -3.62. The summed E-state index contributed by atoms with van der Waals surface area (Å²) >= 11 is 0. The molecule has 2 aromatic rings. The van der Waals surface area contributed by atoms with Crippen LogP contribution in [0.2, 0.25) is 0 Å². The van der Waals surface area contributed by atoms with Gasteiger partial charge in [0.2, 0.25) is 0 Å². The van der Waals surface area contributed by atoms with Crippen molar-refractivity contribution in [3.05, 3.63) is 59.2 Å². The van der Waals surface area contributed by atoms with Gasteiger partial charge in [-0.25, -0.2) is 8.42 Å². The molecule has 0 aromatic heterocycles. The van der Waals surface area contributed by atoms with E-state index in [1.165, 1.54) is 0 Å². The third-order valence-electron chi connectivity index (χ3n) is 2.96. The smallest absolute Gasteiger partial charge is 0.262 e. The number of hydrogen-bond donors (Lipinski definition) is 2. The van der Waals surface area contributed by atoms with Crippen LogP contribution in [0.4, 0.5) is 5.69 Å². The van der Waals surface area contributed by atoms with Gasteiger partial charge in [0.05, 0.1) is 4.90 Å². The molecule has 20 heavy (non-hydrogen) atoms. The van der Waals surface area contributed by atoms with Crippen LogP contribution in [0.25, 0.3) is 0 Å². The Hall–Kier alpha value is -1.85. The summed E-state index contributed by atoms with van der Waals surface area (Å²) in [6.07, 6.45) is 0. The van der Waals surface area contributed by atoms with Crippen molar-refractivity contribution in [1.82, 2.24) is 0 Å². The van der Waals surface area contributed by atoms with E-state index in [0.717, 1.165) is 11.1 Å². The fourth-order valence-electron chi connectivity index (χ4n) is 2.18. The maximum atomic E-state index is 12.4. The minimum Gasteiger partial charge on any atom is -0.326 e. The Morgan fingerprint density at radius 1 is 1.05 bits per heavy atom. The molecule has 0 aliphatic carbocycles. The monoisotopic (exact) mass is 290 g/mol. The van der Waals surface area contributed by atoms with Crippen LogP contribution in [0, 0.1) is 13.8 Å². The minimum atomic E-state index is -3.62. The van der Waals surface area contributed by atoms with Crippen LogP contribution in [0.5, 0.6) is 0 Å². The van der Waals surface area contributed by atoms with Crippen molar-refractivity contribution >= 4 is 15.7 Å². The topological polar surface area (TPSA) is 72.2 Å². The van der Waals surface area contributed by atoms with Gasteiger partial charge in [-0.3, -0.25) is 4.72 Å². The van der Waals surface area contributed by atoms with Crippen LogP contribution < -0.4 is 10.5 Å². The van der Waals surface area contributed by atoms with E-state index in [4.69, 9.17) is 5.73 Å². The van der Waals surface area contributed by atoms with Crippen LogP contribution in [-0.4, -0.2) is 8.42 Å². The third kappa shape index (κ3) is 3.18. The Morgan fingerprint density at radius 2 is 1.65 bits per heavy atom. The quantitative estimate of drug-likeness (QED) is 0.909. The Labute approximate surface area is 119 Å². The molecule has 3 N–H and O–H groups in total. The first-order chi connectivity index (χ1) is 9.42. The maximum Gasteiger partial charge on any atom is 0.262 e. The zero-order valence-corrected chi connectivity index (χ0v) is 12.4. The number of nitrogens with two attached hydrogens (primary N) is 1. The van der Waals surface area contributed by atoms with E-state index in [-0.39, 0.29) is 11.4 Å². The summed E-state index contributed by atoms with van der Waals surface area (Å²) in [5.74, 6) is 0. The van der Waals surface area contributed by atoms with Gasteiger partial charge in [0.1, 0.15) is 0 Å². The van der Waals surface area contributed by atoms with Crippen LogP contribution in [0.15, 0.2) is 47.4 Å². The van der Waals surface area contributed by atoms with E-state index in [1.54, 1.807) is 36.4 Å². The van der Waals surface area contributed by atoms with E-state index in [2.05, 4.69) is 4.72 Å². The van der Waals surface area contributed by atoms with Crippen molar-refractivity contribution < 1.29 is 8.42 Å². The van der Waals surface area contributed by atoms with E-state index < -0.39 is 10.0 Å². The molecule has 0 fully saturated rings. The Bertz CT molecular complexity index is 704. The number of anilines is 1. The molecule has 0 saturated heterocycles. The highest BCUT2D eigenvalue weighted by molar-refractivity contribution is 7.92. The summed E-state index contributed by atoms with van der Waals surface area (Å²) in [5, 5.41) is 0. The number of benzene rings is 2. The van der Waals surface area contributed by atoms with Crippen molar-refractivity contribution in [3.8, 4) is 0 Å². The maximum absolute atomic E-state index is 12.4. The number of nitrogens with one attached hydrogen (secondary N) is 1. The summed E-state index contributed by atoms with van der Waals surface area (Å²) in [6, 6.07) is 12.3. The third-order valence-corrected chi connectivity index (χ3v) is 4.44. The molecule has 0 amide bonds. The number of hydrogen-bond acceptors (Lipinski definition) is 3. The summed E-state index contributed by atoms with van der Waals surface area (Å²) in [5.41, 5.74) is 8.78. The first-order valence-electron chi connectivity index (χ1n) is 6.31. The van der Waals surface area contributed by atoms with Crippen molar-refractivity contribution in [3.63, 3.8) is 0 Å². The predicted molar refractivity (Wildman–Crippen MR) is 81.1 cm³/mol. The molecule has 0 heterocycles. The highest BCUT2D eigenvalue weighted by Gasteiger charge is 2.17. The second kappa shape index (κ2) is 5.64. The molecule has 5 heteroatoms. The van der Waals surface area contributed by atoms with Gasteiger partial charge in [-0.1, -0.05) is 24.3 Å². The number of rotatable bonds is 4. The second-order valence-corrected chi connectivity index (χ2v) is 6.44. The average molecular weight is 290 g/mol. The van der Waals surface area contributed by atoms with Crippen LogP contribution in [0.3, 0.4) is 0 Å². The van der Waals surface area contributed by atoms with Gasteiger partial charge in [-0.2, -0.15) is 0 Å². The molecule has 0 bridgehead atoms. The largest absolute Gasteiger partial charge is 0.326 e. The van der Waals surface area contributed by atoms with Gasteiger partial charge < -0.3 is 5.73 Å². The summed E-state index contributed by atoms with van der Waals surface area (Å²) in [4.78, 5) is 0.224. The molecule has 2 rings (SSSR count). The van der Waals surface area contributed by atoms with Crippen LogP contribution in [-0.2, 0) is 16.6 Å². The molecule has 0 aliphatic rings. The van der Waals surface area contributed by atoms with E-state index in [1.807, 2.05) is 19.9 Å². The zero-order chi connectivity index (χ0) is 14.8. The van der Waals surface area contributed by atoms with Gasteiger partial charge in [-0.15, -0.1) is 0 Å². The second-order valence-electron chi connectivity index (χ2n) is 4.79. The molecule has 0 spiro atoms. The Balaban J connectivity index is 2.41. The zero-order valence-electron chi connectivity index (χ0n) is 11.6. The summed E-state index contributed by atoms with van der Waals surface area (Å²) in [6.45, 7) is 4.04. The molecule has 0 aliphatic heterocycles. The molecule has 2 aromatic carbocycles. The van der Waals surface area contributed by atoms with E-state index in [0.29, 0.717) is 11.3 Å². The molecule has 0 atom stereocenters. The van der Waals surface area contributed by atoms with Gasteiger partial charge in [0.15, 0.2) is 0 Å². The predicted octanol–water partition coefficient (Wildman–Crippen LogP) is 2.56. The fraction of sp³-hybridized carbons (Fsp3) is 0.200. The normalized spacial score (nSPS) is 11.3. The number of sulfonamides is 1. The van der Waals surface area contributed by atoms with Crippen molar-refractivity contribution in [1.29, 1.82) is 0 Å². The van der Waals surface area contributed by atoms with Crippen molar-refractivity contribution in [2.24, 2.45) is 5.73 Å². The summed E-state index contributed by atoms with van der Waals surface area (Å²) < 4.78 is 27.5. The molecule has 0 saturated carbocycles. The first kappa shape index (κ1) is 14.6. The molecular weight excluding hydrogens is 272 g/mol. The van der Waals surface area contributed by atoms with Crippen LogP contribution in [0.1, 0.15) is 16.7 Å². The molecule has 106 valence electrons. The van der Waals surface area contributed by atoms with E-state index in [9.17, 15) is 8.42 Å². The van der Waals surface area contributed by atoms with Gasteiger partial charge in [0.25, 0.3) is 10.0 Å².